The number of halogens is 2. The van der Waals surface area contributed by atoms with E-state index in [4.69, 9.17) is 0 Å². The molecule has 25 heavy (non-hydrogen) atoms. The molecular formula is C20H23F2NO2. The summed E-state index contributed by atoms with van der Waals surface area (Å²) in [6.07, 6.45) is 0. The molecule has 0 aliphatic rings. The van der Waals surface area contributed by atoms with Gasteiger partial charge in [-0.2, -0.15) is 8.78 Å². The average molecular weight is 347 g/mol. The molecule has 0 spiro atoms. The number of Topliss-reactive ketones (excluding diaryl/α,β-unsaturated/α-hetero) is 1. The number of nitrogens with one attached hydrogen (secondary N) is 1. The first-order chi connectivity index (χ1) is 11.9. The van der Waals surface area contributed by atoms with Gasteiger partial charge in [0.05, 0.1) is 18.7 Å². The third-order valence-electron chi connectivity index (χ3n) is 4.16. The lowest BCUT2D eigenvalue weighted by Gasteiger charge is -2.33. The van der Waals surface area contributed by atoms with E-state index >= 15 is 0 Å². The van der Waals surface area contributed by atoms with E-state index in [1.807, 2.05) is 6.07 Å². The van der Waals surface area contributed by atoms with Gasteiger partial charge in [-0.1, -0.05) is 74.5 Å². The Morgan fingerprint density at radius 3 is 2.04 bits per heavy atom. The first-order valence-electron chi connectivity index (χ1n) is 8.27. The number of ketones is 1. The highest BCUT2D eigenvalue weighted by molar-refractivity contribution is 6.01. The van der Waals surface area contributed by atoms with Crippen LogP contribution >= 0.6 is 0 Å². The molecule has 0 fully saturated rings. The number of rotatable bonds is 8. The Labute approximate surface area is 146 Å². The van der Waals surface area contributed by atoms with E-state index in [9.17, 15) is 18.7 Å². The SMILES string of the molecule is CC(C)C(N[C@@H](CO)c1ccccc1)C(F)(F)C(=O)c1ccccc1. The molecule has 0 aromatic heterocycles. The first-order valence-corrected chi connectivity index (χ1v) is 8.27. The Hall–Kier alpha value is -2.11. The molecule has 0 aliphatic carbocycles. The lowest BCUT2D eigenvalue weighted by Crippen LogP contribution is -2.54. The molecule has 0 amide bonds. The molecule has 0 saturated carbocycles. The second-order valence-corrected chi connectivity index (χ2v) is 6.35. The van der Waals surface area contributed by atoms with Crippen molar-refractivity contribution in [2.24, 2.45) is 5.92 Å². The fourth-order valence-corrected chi connectivity index (χ4v) is 2.80. The van der Waals surface area contributed by atoms with Gasteiger partial charge >= 0.3 is 5.92 Å². The van der Waals surface area contributed by atoms with Gasteiger partial charge in [-0.25, -0.2) is 0 Å². The van der Waals surface area contributed by atoms with Crippen molar-refractivity contribution in [3.8, 4) is 0 Å². The molecule has 134 valence electrons. The lowest BCUT2D eigenvalue weighted by atomic mass is 9.90. The van der Waals surface area contributed by atoms with Crippen LogP contribution in [0.5, 0.6) is 0 Å². The van der Waals surface area contributed by atoms with Gasteiger partial charge in [0, 0.05) is 5.56 Å². The molecule has 0 saturated heterocycles. The topological polar surface area (TPSA) is 49.3 Å². The summed E-state index contributed by atoms with van der Waals surface area (Å²) in [5, 5.41) is 12.4. The van der Waals surface area contributed by atoms with Crippen LogP contribution in [0.25, 0.3) is 0 Å². The van der Waals surface area contributed by atoms with Crippen molar-refractivity contribution in [1.82, 2.24) is 5.32 Å². The smallest absolute Gasteiger partial charge is 0.324 e. The monoisotopic (exact) mass is 347 g/mol. The van der Waals surface area contributed by atoms with E-state index in [0.29, 0.717) is 5.56 Å². The molecule has 0 bridgehead atoms. The van der Waals surface area contributed by atoms with Gasteiger partial charge < -0.3 is 5.11 Å². The van der Waals surface area contributed by atoms with Crippen molar-refractivity contribution in [3.05, 3.63) is 71.8 Å². The molecule has 2 rings (SSSR count). The van der Waals surface area contributed by atoms with Gasteiger partial charge in [-0.15, -0.1) is 0 Å². The van der Waals surface area contributed by atoms with E-state index in [2.05, 4.69) is 5.32 Å². The molecule has 1 unspecified atom stereocenters. The summed E-state index contributed by atoms with van der Waals surface area (Å²) in [5.74, 6) is -5.33. The summed E-state index contributed by atoms with van der Waals surface area (Å²) < 4.78 is 29.9. The number of aliphatic hydroxyl groups is 1. The summed E-state index contributed by atoms with van der Waals surface area (Å²) in [4.78, 5) is 12.4. The third-order valence-corrected chi connectivity index (χ3v) is 4.16. The number of hydrogen-bond acceptors (Lipinski definition) is 3. The fourth-order valence-electron chi connectivity index (χ4n) is 2.80. The Balaban J connectivity index is 2.28. The number of hydrogen-bond donors (Lipinski definition) is 2. The van der Waals surface area contributed by atoms with Crippen LogP contribution in [0.4, 0.5) is 8.78 Å². The minimum atomic E-state index is -3.60. The molecule has 3 nitrogen and oxygen atoms in total. The quantitative estimate of drug-likeness (QED) is 0.713. The van der Waals surface area contributed by atoms with E-state index in [1.165, 1.54) is 12.1 Å². The number of carbonyl (C=O) groups is 1. The maximum absolute atomic E-state index is 14.9. The van der Waals surface area contributed by atoms with Crippen LogP contribution in [0.3, 0.4) is 0 Å². The van der Waals surface area contributed by atoms with Crippen LogP contribution in [-0.4, -0.2) is 29.5 Å². The highest BCUT2D eigenvalue weighted by Gasteiger charge is 2.49. The number of alkyl halides is 2. The number of aliphatic hydroxyl groups excluding tert-OH is 1. The van der Waals surface area contributed by atoms with Crippen LogP contribution < -0.4 is 5.32 Å². The van der Waals surface area contributed by atoms with Crippen LogP contribution in [0.1, 0.15) is 35.8 Å². The molecule has 2 aromatic rings. The summed E-state index contributed by atoms with van der Waals surface area (Å²) in [6, 6.07) is 14.3. The zero-order valence-electron chi connectivity index (χ0n) is 14.3. The minimum absolute atomic E-state index is 0.0276. The summed E-state index contributed by atoms with van der Waals surface area (Å²) in [5.41, 5.74) is 0.666. The molecule has 0 radical (unpaired) electrons. The lowest BCUT2D eigenvalue weighted by molar-refractivity contribution is -0.0319. The first kappa shape index (κ1) is 19.2. The normalized spacial score (nSPS) is 14.3. The van der Waals surface area contributed by atoms with Crippen molar-refractivity contribution >= 4 is 5.78 Å². The third kappa shape index (κ3) is 4.50. The largest absolute Gasteiger partial charge is 0.394 e. The molecule has 5 heteroatoms. The van der Waals surface area contributed by atoms with E-state index in [-0.39, 0.29) is 12.2 Å². The van der Waals surface area contributed by atoms with Gasteiger partial charge in [0.1, 0.15) is 0 Å². The standard InChI is InChI=1S/C20H23F2NO2/c1-14(2)18(23-17(13-24)15-9-5-3-6-10-15)20(21,22)19(25)16-11-7-4-8-12-16/h3-12,14,17-18,23-24H,13H2,1-2H3/t17-,18?/m0/s1. The van der Waals surface area contributed by atoms with Crippen molar-refractivity contribution in [1.29, 1.82) is 0 Å². The highest BCUT2D eigenvalue weighted by atomic mass is 19.3. The summed E-state index contributed by atoms with van der Waals surface area (Å²) in [6.45, 7) is 2.91. The van der Waals surface area contributed by atoms with Crippen molar-refractivity contribution < 1.29 is 18.7 Å². The number of carbonyl (C=O) groups excluding carboxylic acids is 1. The fraction of sp³-hybridized carbons (Fsp3) is 0.350. The maximum Gasteiger partial charge on any atom is 0.324 e. The predicted molar refractivity (Wildman–Crippen MR) is 93.8 cm³/mol. The Morgan fingerprint density at radius 1 is 1.04 bits per heavy atom. The van der Waals surface area contributed by atoms with Crippen LogP contribution in [-0.2, 0) is 0 Å². The van der Waals surface area contributed by atoms with Gasteiger partial charge in [0.15, 0.2) is 0 Å². The Morgan fingerprint density at radius 2 is 1.56 bits per heavy atom. The molecule has 2 aromatic carbocycles. The minimum Gasteiger partial charge on any atom is -0.394 e. The van der Waals surface area contributed by atoms with Crippen molar-refractivity contribution in [2.75, 3.05) is 6.61 Å². The molecule has 0 aliphatic heterocycles. The van der Waals surface area contributed by atoms with Gasteiger partial charge in [-0.3, -0.25) is 10.1 Å². The molecular weight excluding hydrogens is 324 g/mol. The van der Waals surface area contributed by atoms with Gasteiger partial charge in [0.25, 0.3) is 0 Å². The Bertz CT molecular complexity index is 675. The summed E-state index contributed by atoms with van der Waals surface area (Å²) >= 11 is 0. The average Bonchev–Trinajstić information content (AvgIpc) is 2.62. The van der Waals surface area contributed by atoms with E-state index in [0.717, 1.165) is 0 Å². The highest BCUT2D eigenvalue weighted by Crippen LogP contribution is 2.30. The van der Waals surface area contributed by atoms with Gasteiger partial charge in [-0.05, 0) is 11.5 Å². The molecule has 0 heterocycles. The van der Waals surface area contributed by atoms with E-state index in [1.54, 1.807) is 56.3 Å². The Kier molecular flexibility index (Phi) is 6.39. The molecule has 2 atom stereocenters. The zero-order chi connectivity index (χ0) is 18.4. The van der Waals surface area contributed by atoms with E-state index < -0.39 is 29.7 Å². The zero-order valence-corrected chi connectivity index (χ0v) is 14.3. The summed E-state index contributed by atoms with van der Waals surface area (Å²) in [7, 11) is 0. The van der Waals surface area contributed by atoms with Crippen LogP contribution in [0.15, 0.2) is 60.7 Å². The van der Waals surface area contributed by atoms with Crippen molar-refractivity contribution in [2.45, 2.75) is 31.9 Å². The van der Waals surface area contributed by atoms with Crippen LogP contribution in [0, 0.1) is 5.92 Å². The number of benzene rings is 2. The van der Waals surface area contributed by atoms with Crippen molar-refractivity contribution in [3.63, 3.8) is 0 Å². The predicted octanol–water partition coefficient (Wildman–Crippen LogP) is 3.85. The second-order valence-electron chi connectivity index (χ2n) is 6.35. The second kappa shape index (κ2) is 8.32. The maximum atomic E-state index is 14.9. The van der Waals surface area contributed by atoms with Gasteiger partial charge in [0.2, 0.25) is 5.78 Å². The molecule has 2 N–H and O–H groups in total. The van der Waals surface area contributed by atoms with Crippen LogP contribution in [0.2, 0.25) is 0 Å².